The Labute approximate surface area is 151 Å². The fraction of sp³-hybridized carbons (Fsp3) is 0.438. The minimum Gasteiger partial charge on any atom is -0.379 e. The van der Waals surface area contributed by atoms with Gasteiger partial charge in [0.1, 0.15) is 23.8 Å². The number of ether oxygens (including phenoxy) is 1. The topological polar surface area (TPSA) is 99.9 Å². The maximum Gasteiger partial charge on any atom is 0.224 e. The third kappa shape index (κ3) is 7.39. The van der Waals surface area contributed by atoms with E-state index in [-0.39, 0.29) is 5.28 Å². The first-order valence-electron chi connectivity index (χ1n) is 7.96. The van der Waals surface area contributed by atoms with Crippen molar-refractivity contribution >= 4 is 17.4 Å². The molecule has 0 atom stereocenters. The van der Waals surface area contributed by atoms with Crippen molar-refractivity contribution in [3.8, 4) is 6.07 Å². The Balaban J connectivity index is 0.000000316. The van der Waals surface area contributed by atoms with Gasteiger partial charge in [-0.3, -0.25) is 4.90 Å². The number of halogens is 1. The van der Waals surface area contributed by atoms with Crippen LogP contribution in [0.25, 0.3) is 0 Å². The predicted octanol–water partition coefficient (Wildman–Crippen LogP) is 1.61. The van der Waals surface area contributed by atoms with Crippen LogP contribution < -0.4 is 5.32 Å². The molecule has 0 bridgehead atoms. The van der Waals surface area contributed by atoms with Crippen LogP contribution in [0.15, 0.2) is 31.0 Å². The molecule has 1 fully saturated rings. The molecule has 0 amide bonds. The van der Waals surface area contributed by atoms with Gasteiger partial charge in [-0.05, 0) is 30.6 Å². The van der Waals surface area contributed by atoms with Gasteiger partial charge in [-0.15, -0.1) is 0 Å². The first-order chi connectivity index (χ1) is 12.3. The zero-order chi connectivity index (χ0) is 17.7. The third-order valence-corrected chi connectivity index (χ3v) is 3.59. The number of nitrogens with zero attached hydrogens (tertiary/aromatic N) is 6. The minimum absolute atomic E-state index is 0.148. The second-order valence-electron chi connectivity index (χ2n) is 5.15. The summed E-state index contributed by atoms with van der Waals surface area (Å²) in [6.45, 7) is 5.36. The van der Waals surface area contributed by atoms with Crippen molar-refractivity contribution in [1.29, 1.82) is 5.26 Å². The highest BCUT2D eigenvalue weighted by molar-refractivity contribution is 6.28. The largest absolute Gasteiger partial charge is 0.379 e. The van der Waals surface area contributed by atoms with Gasteiger partial charge < -0.3 is 10.1 Å². The number of nitriles is 1. The lowest BCUT2D eigenvalue weighted by Gasteiger charge is -2.26. The highest BCUT2D eigenvalue weighted by atomic mass is 35.5. The van der Waals surface area contributed by atoms with Gasteiger partial charge in [0.15, 0.2) is 0 Å². The summed E-state index contributed by atoms with van der Waals surface area (Å²) in [6.07, 6.45) is 7.28. The molecule has 1 aliphatic rings. The molecule has 3 rings (SSSR count). The summed E-state index contributed by atoms with van der Waals surface area (Å²) in [6, 6.07) is 3.82. The predicted molar refractivity (Wildman–Crippen MR) is 94.2 cm³/mol. The summed E-state index contributed by atoms with van der Waals surface area (Å²) >= 11 is 5.71. The van der Waals surface area contributed by atoms with E-state index in [4.69, 9.17) is 21.6 Å². The number of nitrogens with one attached hydrogen (secondary N) is 1. The van der Waals surface area contributed by atoms with E-state index >= 15 is 0 Å². The van der Waals surface area contributed by atoms with Crippen molar-refractivity contribution in [3.63, 3.8) is 0 Å². The highest BCUT2D eigenvalue weighted by Gasteiger charge is 2.10. The maximum absolute atomic E-state index is 8.93. The molecule has 25 heavy (non-hydrogen) atoms. The van der Waals surface area contributed by atoms with Gasteiger partial charge >= 0.3 is 0 Å². The molecule has 3 heterocycles. The molecule has 2 aromatic heterocycles. The Morgan fingerprint density at radius 2 is 2.04 bits per heavy atom. The molecule has 8 nitrogen and oxygen atoms in total. The molecular formula is C16H20ClN7O. The van der Waals surface area contributed by atoms with Gasteiger partial charge in [0, 0.05) is 32.0 Å². The van der Waals surface area contributed by atoms with E-state index in [9.17, 15) is 0 Å². The van der Waals surface area contributed by atoms with Crippen molar-refractivity contribution < 1.29 is 4.74 Å². The molecule has 0 unspecified atom stereocenters. The Hall–Kier alpha value is -2.34. The Bertz CT molecular complexity index is 633. The van der Waals surface area contributed by atoms with Crippen molar-refractivity contribution in [3.05, 3.63) is 41.8 Å². The van der Waals surface area contributed by atoms with E-state index in [1.54, 1.807) is 18.5 Å². The summed E-state index contributed by atoms with van der Waals surface area (Å²) in [5, 5.41) is 12.2. The van der Waals surface area contributed by atoms with E-state index in [0.717, 1.165) is 45.8 Å². The summed E-state index contributed by atoms with van der Waals surface area (Å²) in [5.41, 5.74) is 0.413. The Morgan fingerprint density at radius 1 is 1.28 bits per heavy atom. The van der Waals surface area contributed by atoms with Crippen LogP contribution in [0.5, 0.6) is 0 Å². The molecule has 0 spiro atoms. The van der Waals surface area contributed by atoms with E-state index in [0.29, 0.717) is 11.4 Å². The first-order valence-corrected chi connectivity index (χ1v) is 8.34. The van der Waals surface area contributed by atoms with Crippen LogP contribution in [0.4, 0.5) is 5.82 Å². The molecule has 1 saturated heterocycles. The zero-order valence-corrected chi connectivity index (χ0v) is 14.6. The van der Waals surface area contributed by atoms with Crippen LogP contribution in [0.3, 0.4) is 0 Å². The molecule has 2 aromatic rings. The number of hydrogen-bond donors (Lipinski definition) is 1. The lowest BCUT2D eigenvalue weighted by Crippen LogP contribution is -2.37. The fourth-order valence-corrected chi connectivity index (χ4v) is 2.30. The van der Waals surface area contributed by atoms with Crippen LogP contribution in [-0.4, -0.2) is 64.2 Å². The Morgan fingerprint density at radius 3 is 2.64 bits per heavy atom. The minimum atomic E-state index is 0.148. The molecule has 9 heteroatoms. The average Bonchev–Trinajstić information content (AvgIpc) is 2.68. The smallest absolute Gasteiger partial charge is 0.224 e. The van der Waals surface area contributed by atoms with Gasteiger partial charge in [0.05, 0.1) is 19.4 Å². The van der Waals surface area contributed by atoms with Gasteiger partial charge in [-0.1, -0.05) is 0 Å². The normalized spacial score (nSPS) is 14.1. The average molecular weight is 362 g/mol. The molecule has 0 aliphatic carbocycles. The number of hydrogen-bond acceptors (Lipinski definition) is 8. The molecule has 1 N–H and O–H groups in total. The summed E-state index contributed by atoms with van der Waals surface area (Å²) in [7, 11) is 0. The quantitative estimate of drug-likeness (QED) is 0.633. The van der Waals surface area contributed by atoms with Gasteiger partial charge in [0.25, 0.3) is 0 Å². The van der Waals surface area contributed by atoms with Crippen LogP contribution in [-0.2, 0) is 4.74 Å². The highest BCUT2D eigenvalue weighted by Crippen LogP contribution is 2.12. The zero-order valence-electron chi connectivity index (χ0n) is 13.8. The summed E-state index contributed by atoms with van der Waals surface area (Å²) in [5.74, 6) is 0.504. The molecule has 0 aromatic carbocycles. The second kappa shape index (κ2) is 11.3. The number of rotatable bonds is 5. The molecule has 0 saturated carbocycles. The number of anilines is 1. The number of morpholine rings is 1. The van der Waals surface area contributed by atoms with Crippen LogP contribution in [0, 0.1) is 11.3 Å². The standard InChI is InChI=1S/C12H16ClN5O.C4H4N2/c13-12-16-9-10(8-14)11(17-12)15-2-1-3-18-4-6-19-7-5-18;1-2-5-4-6-3-1/h9H,1-7H2,(H,15,16,17);1-4H. The lowest BCUT2D eigenvalue weighted by molar-refractivity contribution is 0.0378. The van der Waals surface area contributed by atoms with E-state index in [1.165, 1.54) is 12.5 Å². The van der Waals surface area contributed by atoms with Crippen molar-refractivity contribution in [2.75, 3.05) is 44.7 Å². The van der Waals surface area contributed by atoms with Gasteiger partial charge in [0.2, 0.25) is 5.28 Å². The fourth-order valence-electron chi connectivity index (χ4n) is 2.16. The SMILES string of the molecule is N#Cc1cnc(Cl)nc1NCCCN1CCOCC1.c1cncnc1. The molecular weight excluding hydrogens is 342 g/mol. The van der Waals surface area contributed by atoms with Crippen molar-refractivity contribution in [2.24, 2.45) is 0 Å². The second-order valence-corrected chi connectivity index (χ2v) is 5.49. The van der Waals surface area contributed by atoms with Gasteiger partial charge in [-0.25, -0.2) is 15.0 Å². The van der Waals surface area contributed by atoms with Crippen molar-refractivity contribution in [1.82, 2.24) is 24.8 Å². The van der Waals surface area contributed by atoms with E-state index < -0.39 is 0 Å². The van der Waals surface area contributed by atoms with E-state index in [2.05, 4.69) is 30.2 Å². The number of aromatic nitrogens is 4. The first kappa shape index (κ1) is 19.0. The third-order valence-electron chi connectivity index (χ3n) is 3.40. The molecule has 0 radical (unpaired) electrons. The van der Waals surface area contributed by atoms with Crippen LogP contribution in [0.1, 0.15) is 12.0 Å². The maximum atomic E-state index is 8.93. The van der Waals surface area contributed by atoms with E-state index in [1.807, 2.05) is 6.07 Å². The van der Waals surface area contributed by atoms with Gasteiger partial charge in [-0.2, -0.15) is 10.2 Å². The van der Waals surface area contributed by atoms with Crippen LogP contribution in [0.2, 0.25) is 5.28 Å². The molecule has 1 aliphatic heterocycles. The lowest BCUT2D eigenvalue weighted by atomic mass is 10.3. The summed E-state index contributed by atoms with van der Waals surface area (Å²) < 4.78 is 5.29. The van der Waals surface area contributed by atoms with Crippen molar-refractivity contribution in [2.45, 2.75) is 6.42 Å². The molecule has 132 valence electrons. The summed E-state index contributed by atoms with van der Waals surface area (Å²) in [4.78, 5) is 17.5. The monoisotopic (exact) mass is 361 g/mol. The van der Waals surface area contributed by atoms with Crippen LogP contribution >= 0.6 is 11.6 Å². The Kier molecular flexibility index (Phi) is 8.55.